The number of hydrogen-bond acceptors (Lipinski definition) is 9. The number of nitriles is 2. The molecule has 9 nitrogen and oxygen atoms in total. The fourth-order valence-corrected chi connectivity index (χ4v) is 4.97. The highest BCUT2D eigenvalue weighted by atomic mass is 35.5. The van der Waals surface area contributed by atoms with Gasteiger partial charge in [-0.1, -0.05) is 29.8 Å². The number of hydrogen-bond donors (Lipinski definition) is 0. The average molecular weight is 624 g/mol. The van der Waals surface area contributed by atoms with E-state index in [0.717, 1.165) is 22.3 Å². The lowest BCUT2D eigenvalue weighted by Gasteiger charge is -2.23. The number of nitrogens with zero attached hydrogens (tertiary/aromatic N) is 5. The van der Waals surface area contributed by atoms with Crippen LogP contribution in [0.3, 0.4) is 0 Å². The van der Waals surface area contributed by atoms with E-state index in [2.05, 4.69) is 16.0 Å². The van der Waals surface area contributed by atoms with Crippen LogP contribution in [0.4, 0.5) is 11.4 Å². The molecule has 0 atom stereocenters. The zero-order valence-electron chi connectivity index (χ0n) is 25.9. The van der Waals surface area contributed by atoms with Crippen LogP contribution in [-0.4, -0.2) is 43.4 Å². The Labute approximate surface area is 268 Å². The highest BCUT2D eigenvalue weighted by molar-refractivity contribution is 6.36. The third kappa shape index (κ3) is 7.29. The van der Waals surface area contributed by atoms with Crippen molar-refractivity contribution < 1.29 is 18.9 Å². The van der Waals surface area contributed by atoms with Crippen molar-refractivity contribution >= 4 is 44.8 Å². The van der Waals surface area contributed by atoms with E-state index in [-0.39, 0.29) is 0 Å². The Morgan fingerprint density at radius 2 is 1.11 bits per heavy atom. The van der Waals surface area contributed by atoms with E-state index in [0.29, 0.717) is 76.5 Å². The van der Waals surface area contributed by atoms with E-state index in [1.165, 1.54) is 6.20 Å². The maximum atomic E-state index is 9.61. The van der Waals surface area contributed by atoms with Crippen LogP contribution in [0.2, 0.25) is 5.02 Å². The predicted molar refractivity (Wildman–Crippen MR) is 177 cm³/mol. The zero-order valence-corrected chi connectivity index (χ0v) is 26.7. The van der Waals surface area contributed by atoms with Crippen LogP contribution < -0.4 is 23.8 Å². The van der Waals surface area contributed by atoms with Crippen molar-refractivity contribution in [3.63, 3.8) is 0 Å². The first-order valence-corrected chi connectivity index (χ1v) is 15.0. The number of aromatic nitrogens is 2. The summed E-state index contributed by atoms with van der Waals surface area (Å²) in [6.07, 6.45) is 3.06. The smallest absolute Gasteiger partial charge is 0.163 e. The summed E-state index contributed by atoms with van der Waals surface area (Å²) in [4.78, 5) is 10.7. The molecule has 0 N–H and O–H groups in total. The SMILES string of the molecule is CCOc1cc2ncc(C#N)c(Cl)c2cc1OCC.CCOc1cc2ncc(C#N)c(N(C)c3ccccc3)c2cc1OCC. The molecule has 230 valence electrons. The van der Waals surface area contributed by atoms with Crippen molar-refractivity contribution in [1.82, 2.24) is 9.97 Å². The molecule has 0 saturated carbocycles. The number of benzene rings is 3. The first-order chi connectivity index (χ1) is 21.9. The Morgan fingerprint density at radius 3 is 1.60 bits per heavy atom. The van der Waals surface area contributed by atoms with Gasteiger partial charge in [-0.3, -0.25) is 9.97 Å². The summed E-state index contributed by atoms with van der Waals surface area (Å²) in [6.45, 7) is 9.79. The number of pyridine rings is 2. The number of halogens is 1. The second kappa shape index (κ2) is 15.5. The fourth-order valence-electron chi connectivity index (χ4n) is 4.73. The number of fused-ring (bicyclic) bond motifs is 2. The van der Waals surface area contributed by atoms with Gasteiger partial charge in [-0.05, 0) is 52.0 Å². The first kappa shape index (κ1) is 32.7. The van der Waals surface area contributed by atoms with Crippen LogP contribution in [0, 0.1) is 22.7 Å². The molecule has 0 aliphatic heterocycles. The lowest BCUT2D eigenvalue weighted by molar-refractivity contribution is 0.288. The highest BCUT2D eigenvalue weighted by Crippen LogP contribution is 2.39. The van der Waals surface area contributed by atoms with E-state index in [1.807, 2.05) is 88.2 Å². The summed E-state index contributed by atoms with van der Waals surface area (Å²) in [5, 5.41) is 20.5. The number of ether oxygens (including phenoxy) is 4. The molecule has 0 aliphatic carbocycles. The first-order valence-electron chi connectivity index (χ1n) is 14.6. The van der Waals surface area contributed by atoms with E-state index in [9.17, 15) is 5.26 Å². The van der Waals surface area contributed by atoms with Crippen molar-refractivity contribution in [3.05, 3.63) is 83.1 Å². The monoisotopic (exact) mass is 623 g/mol. The molecule has 5 aromatic rings. The van der Waals surface area contributed by atoms with Gasteiger partial charge in [-0.2, -0.15) is 10.5 Å². The van der Waals surface area contributed by atoms with Crippen molar-refractivity contribution in [2.24, 2.45) is 0 Å². The summed E-state index contributed by atoms with van der Waals surface area (Å²) in [7, 11) is 1.95. The van der Waals surface area contributed by atoms with Crippen molar-refractivity contribution in [1.29, 1.82) is 10.5 Å². The molecule has 5 rings (SSSR count). The van der Waals surface area contributed by atoms with Crippen molar-refractivity contribution in [3.8, 4) is 35.1 Å². The number of para-hydroxylation sites is 1. The Morgan fingerprint density at radius 1 is 0.667 bits per heavy atom. The predicted octanol–water partition coefficient (Wildman–Crippen LogP) is 8.23. The molecule has 2 aromatic heterocycles. The molecule has 0 aliphatic rings. The third-order valence-electron chi connectivity index (χ3n) is 6.69. The molecule has 0 bridgehead atoms. The minimum Gasteiger partial charge on any atom is -0.490 e. The summed E-state index contributed by atoms with van der Waals surface area (Å²) in [5.41, 5.74) is 4.08. The lowest BCUT2D eigenvalue weighted by atomic mass is 10.1. The summed E-state index contributed by atoms with van der Waals surface area (Å²) in [6, 6.07) is 21.5. The molecule has 0 spiro atoms. The highest BCUT2D eigenvalue weighted by Gasteiger charge is 2.18. The standard InChI is InChI=1S/C21H21N3O2.C14H13ClN2O2/c1-4-25-19-11-17-18(12-20(19)26-5-2)23-14-15(13-22)21(17)24(3)16-9-7-6-8-10-16;1-3-18-12-5-10-11(6-13(12)19-4-2)17-8-9(7-16)14(10)15/h6-12,14H,4-5H2,1-3H3;5-6,8H,3-4H2,1-2H3. The summed E-state index contributed by atoms with van der Waals surface area (Å²) >= 11 is 6.18. The molecular weight excluding hydrogens is 590 g/mol. The van der Waals surface area contributed by atoms with Gasteiger partial charge in [-0.25, -0.2) is 0 Å². The van der Waals surface area contributed by atoms with Gasteiger partial charge in [0.05, 0.1) is 59.3 Å². The van der Waals surface area contributed by atoms with Crippen LogP contribution in [0.25, 0.3) is 21.8 Å². The van der Waals surface area contributed by atoms with E-state index in [4.69, 9.17) is 35.8 Å². The quantitative estimate of drug-likeness (QED) is 0.152. The lowest BCUT2D eigenvalue weighted by Crippen LogP contribution is -2.12. The van der Waals surface area contributed by atoms with E-state index < -0.39 is 0 Å². The molecule has 3 aromatic carbocycles. The Hall–Kier alpha value is -5.25. The molecule has 0 fully saturated rings. The zero-order chi connectivity index (χ0) is 32.3. The van der Waals surface area contributed by atoms with Crippen LogP contribution in [-0.2, 0) is 0 Å². The second-order valence-electron chi connectivity index (χ2n) is 9.49. The van der Waals surface area contributed by atoms with Crippen molar-refractivity contribution in [2.75, 3.05) is 38.4 Å². The molecular formula is C35H34ClN5O4. The average Bonchev–Trinajstić information content (AvgIpc) is 3.06. The van der Waals surface area contributed by atoms with Crippen LogP contribution in [0.5, 0.6) is 23.0 Å². The van der Waals surface area contributed by atoms with Gasteiger partial charge < -0.3 is 23.8 Å². The molecule has 0 radical (unpaired) electrons. The minimum atomic E-state index is 0.348. The largest absolute Gasteiger partial charge is 0.490 e. The normalized spacial score (nSPS) is 10.3. The Balaban J connectivity index is 0.000000215. The Bertz CT molecular complexity index is 1870. The fraction of sp³-hybridized carbons (Fsp3) is 0.257. The van der Waals surface area contributed by atoms with E-state index in [1.54, 1.807) is 18.3 Å². The summed E-state index contributed by atoms with van der Waals surface area (Å²) < 4.78 is 22.5. The van der Waals surface area contributed by atoms with Crippen LogP contribution >= 0.6 is 11.6 Å². The second-order valence-corrected chi connectivity index (χ2v) is 9.87. The van der Waals surface area contributed by atoms with Crippen molar-refractivity contribution in [2.45, 2.75) is 27.7 Å². The van der Waals surface area contributed by atoms with Gasteiger partial charge >= 0.3 is 0 Å². The van der Waals surface area contributed by atoms with Gasteiger partial charge in [-0.15, -0.1) is 0 Å². The van der Waals surface area contributed by atoms with Gasteiger partial charge in [0.25, 0.3) is 0 Å². The molecule has 0 unspecified atom stereocenters. The van der Waals surface area contributed by atoms with Gasteiger partial charge in [0.1, 0.15) is 12.1 Å². The topological polar surface area (TPSA) is 114 Å². The Kier molecular flexibility index (Phi) is 11.2. The van der Waals surface area contributed by atoms with Gasteiger partial charge in [0, 0.05) is 48.0 Å². The minimum absolute atomic E-state index is 0.348. The molecule has 0 saturated heterocycles. The molecule has 10 heteroatoms. The van der Waals surface area contributed by atoms with Crippen LogP contribution in [0.15, 0.2) is 67.0 Å². The number of rotatable bonds is 10. The third-order valence-corrected chi connectivity index (χ3v) is 7.10. The van der Waals surface area contributed by atoms with Crippen LogP contribution in [0.1, 0.15) is 38.8 Å². The molecule has 45 heavy (non-hydrogen) atoms. The summed E-state index contributed by atoms with van der Waals surface area (Å²) in [5.74, 6) is 2.55. The molecule has 2 heterocycles. The maximum absolute atomic E-state index is 9.61. The van der Waals surface area contributed by atoms with Gasteiger partial charge in [0.2, 0.25) is 0 Å². The maximum Gasteiger partial charge on any atom is 0.163 e. The number of anilines is 2. The van der Waals surface area contributed by atoms with E-state index >= 15 is 0 Å². The molecule has 0 amide bonds. The van der Waals surface area contributed by atoms with Gasteiger partial charge in [0.15, 0.2) is 23.0 Å².